The number of rotatable bonds is 17. The standard InChI is InChI=1S/C34H36N4O11S2.CH4/c1-24-10-16-28-30(21-24)48-32(36(28)18-4-2-3-9-34(39)40)7-5-8-33-37(29-17-15-27(51(45,46)47)22-31(29)49-33)19-6-20-50(43,44)35-23-25-11-13-26(14-12-25)38(41)42;/h5,7-8,10-17,21-22,35H,2-4,6,9,18-20,23H2,1H3,(H-,39,40,45,46,47);1H4/p+1. The third kappa shape index (κ3) is 10.2. The third-order valence-electron chi connectivity index (χ3n) is 8.08. The van der Waals surface area contributed by atoms with E-state index in [-0.39, 0.29) is 61.3 Å². The number of nitrogens with one attached hydrogen (secondary N) is 1. The molecule has 5 rings (SSSR count). The summed E-state index contributed by atoms with van der Waals surface area (Å²) in [6.07, 6.45) is 7.31. The van der Waals surface area contributed by atoms with Crippen molar-refractivity contribution in [2.45, 2.75) is 64.4 Å². The van der Waals surface area contributed by atoms with E-state index in [1.807, 2.05) is 29.7 Å². The lowest BCUT2D eigenvalue weighted by Gasteiger charge is -2.18. The molecule has 0 fully saturated rings. The molecule has 17 heteroatoms. The number of aliphatic carboxylic acids is 1. The summed E-state index contributed by atoms with van der Waals surface area (Å²) in [5, 5.41) is 19.8. The van der Waals surface area contributed by atoms with Crippen molar-refractivity contribution in [2.24, 2.45) is 0 Å². The highest BCUT2D eigenvalue weighted by Gasteiger charge is 2.28. The molecule has 2 heterocycles. The van der Waals surface area contributed by atoms with Gasteiger partial charge in [0.05, 0.1) is 27.3 Å². The number of nitrogens with zero attached hydrogens (tertiary/aromatic N) is 3. The number of oxazole rings is 1. The number of carbonyl (C=O) groups is 1. The van der Waals surface area contributed by atoms with Gasteiger partial charge in [0.2, 0.25) is 21.5 Å². The maximum atomic E-state index is 12.8. The molecule has 1 aromatic heterocycles. The van der Waals surface area contributed by atoms with Crippen LogP contribution in [0.1, 0.15) is 56.5 Å². The van der Waals surface area contributed by atoms with Gasteiger partial charge in [-0.3, -0.25) is 19.5 Å². The first-order valence-corrected chi connectivity index (χ1v) is 19.1. The van der Waals surface area contributed by atoms with Gasteiger partial charge in [-0.05, 0) is 67.7 Å². The summed E-state index contributed by atoms with van der Waals surface area (Å²) in [6, 6.07) is 15.3. The third-order valence-corrected chi connectivity index (χ3v) is 10.3. The average molecular weight is 758 g/mol. The topological polar surface area (TPSA) is 210 Å². The Bertz CT molecular complexity index is 2210. The highest BCUT2D eigenvalue weighted by Crippen LogP contribution is 2.40. The van der Waals surface area contributed by atoms with Gasteiger partial charge in [-0.2, -0.15) is 13.0 Å². The number of aryl methyl sites for hydroxylation is 2. The van der Waals surface area contributed by atoms with E-state index in [1.54, 1.807) is 23.1 Å². The number of fused-ring (bicyclic) bond motifs is 2. The van der Waals surface area contributed by atoms with Crippen molar-refractivity contribution in [3.63, 3.8) is 0 Å². The minimum atomic E-state index is -4.52. The molecule has 0 saturated carbocycles. The Morgan fingerprint density at radius 1 is 1.02 bits per heavy atom. The Hall–Kier alpha value is -5.10. The Morgan fingerprint density at radius 3 is 2.46 bits per heavy atom. The van der Waals surface area contributed by atoms with Crippen molar-refractivity contribution in [1.29, 1.82) is 0 Å². The van der Waals surface area contributed by atoms with Gasteiger partial charge in [0, 0.05) is 50.2 Å². The fourth-order valence-corrected chi connectivity index (χ4v) is 7.05. The van der Waals surface area contributed by atoms with E-state index in [2.05, 4.69) is 4.72 Å². The van der Waals surface area contributed by atoms with Crippen molar-refractivity contribution in [1.82, 2.24) is 4.72 Å². The molecule has 0 bridgehead atoms. The number of nitro benzene ring substituents is 1. The minimum absolute atomic E-state index is 0. The number of unbranched alkanes of at least 4 members (excludes halogenated alkanes) is 2. The molecule has 15 nitrogen and oxygen atoms in total. The van der Waals surface area contributed by atoms with Crippen LogP contribution in [0.5, 0.6) is 5.75 Å². The van der Waals surface area contributed by atoms with Crippen LogP contribution in [0.4, 0.5) is 11.4 Å². The van der Waals surface area contributed by atoms with E-state index in [0.717, 1.165) is 23.9 Å². The van der Waals surface area contributed by atoms with Crippen LogP contribution in [0.15, 0.2) is 88.0 Å². The maximum absolute atomic E-state index is 12.8. The number of anilines is 1. The van der Waals surface area contributed by atoms with Gasteiger partial charge in [0.15, 0.2) is 12.3 Å². The summed E-state index contributed by atoms with van der Waals surface area (Å²) in [5.74, 6) is -0.132. The second kappa shape index (κ2) is 16.9. The van der Waals surface area contributed by atoms with Crippen molar-refractivity contribution in [3.8, 4) is 5.75 Å². The first kappa shape index (κ1) is 39.7. The Balaban J connectivity index is 0.00000605. The normalized spacial score (nSPS) is 13.7. The van der Waals surface area contributed by atoms with E-state index in [9.17, 15) is 36.3 Å². The number of carboxylic acid groups (broad SMARTS) is 1. The number of nitro groups is 1. The lowest BCUT2D eigenvalue weighted by atomic mass is 10.2. The second-order valence-corrected chi connectivity index (χ2v) is 15.3. The Morgan fingerprint density at radius 2 is 1.77 bits per heavy atom. The van der Waals surface area contributed by atoms with E-state index in [4.69, 9.17) is 14.3 Å². The number of sulfonamides is 1. The molecular formula is C35H41N4O11S2+. The monoisotopic (exact) mass is 757 g/mol. The molecule has 4 aromatic rings. The molecule has 52 heavy (non-hydrogen) atoms. The van der Waals surface area contributed by atoms with Crippen LogP contribution < -0.4 is 18.9 Å². The van der Waals surface area contributed by atoms with E-state index in [1.165, 1.54) is 42.5 Å². The highest BCUT2D eigenvalue weighted by molar-refractivity contribution is 7.89. The predicted octanol–water partition coefficient (Wildman–Crippen LogP) is 5.73. The van der Waals surface area contributed by atoms with Gasteiger partial charge in [0.25, 0.3) is 21.3 Å². The number of non-ortho nitro benzene ring substituents is 1. The molecule has 0 radical (unpaired) electrons. The zero-order valence-electron chi connectivity index (χ0n) is 27.6. The quantitative estimate of drug-likeness (QED) is 0.0388. The first-order chi connectivity index (χ1) is 24.2. The van der Waals surface area contributed by atoms with Crippen LogP contribution >= 0.6 is 0 Å². The molecule has 3 N–H and O–H groups in total. The van der Waals surface area contributed by atoms with Gasteiger partial charge < -0.3 is 19.2 Å². The van der Waals surface area contributed by atoms with Crippen LogP contribution in [0.2, 0.25) is 0 Å². The summed E-state index contributed by atoms with van der Waals surface area (Å²) in [5.41, 5.74) is 3.49. The van der Waals surface area contributed by atoms with Crippen LogP contribution in [-0.4, -0.2) is 49.7 Å². The van der Waals surface area contributed by atoms with Gasteiger partial charge in [0.1, 0.15) is 0 Å². The summed E-state index contributed by atoms with van der Waals surface area (Å²) < 4.78 is 75.4. The zero-order chi connectivity index (χ0) is 36.8. The molecule has 0 atom stereocenters. The van der Waals surface area contributed by atoms with E-state index in [0.29, 0.717) is 35.7 Å². The van der Waals surface area contributed by atoms with Crippen LogP contribution in [-0.2, 0) is 38.0 Å². The largest absolute Gasteiger partial charge is 0.481 e. The van der Waals surface area contributed by atoms with Gasteiger partial charge in [-0.1, -0.05) is 25.6 Å². The highest BCUT2D eigenvalue weighted by atomic mass is 32.2. The van der Waals surface area contributed by atoms with Crippen LogP contribution in [0.25, 0.3) is 17.2 Å². The molecule has 1 aliphatic rings. The molecule has 1 aliphatic heterocycles. The van der Waals surface area contributed by atoms with Crippen molar-refractivity contribution >= 4 is 54.7 Å². The first-order valence-electron chi connectivity index (χ1n) is 16.0. The molecule has 3 aromatic carbocycles. The maximum Gasteiger partial charge on any atom is 0.374 e. The SMILES string of the molecule is C.Cc1ccc2c(c1)oc(C=CC=C1Oc3cc(S(=O)(=O)O)ccc3N1CCCS(=O)(=O)NCc1ccc([N+](=O)[O-])cc1)[n+]2CCCCCC(=O)O. The number of benzene rings is 3. The van der Waals surface area contributed by atoms with E-state index < -0.39 is 31.0 Å². The number of allylic oxidation sites excluding steroid dienone is 2. The predicted molar refractivity (Wildman–Crippen MR) is 194 cm³/mol. The molecular weight excluding hydrogens is 717 g/mol. The smallest absolute Gasteiger partial charge is 0.374 e. The van der Waals surface area contributed by atoms with Gasteiger partial charge in [-0.25, -0.2) is 13.1 Å². The number of hydrogen-bond donors (Lipinski definition) is 3. The molecule has 0 aliphatic carbocycles. The minimum Gasteiger partial charge on any atom is -0.481 e. The van der Waals surface area contributed by atoms with Crippen molar-refractivity contribution in [2.75, 3.05) is 17.2 Å². The number of ether oxygens (including phenoxy) is 1. The Kier molecular flexibility index (Phi) is 12.9. The van der Waals surface area contributed by atoms with Gasteiger partial charge >= 0.3 is 11.9 Å². The molecule has 278 valence electrons. The van der Waals surface area contributed by atoms with Gasteiger partial charge in [-0.15, -0.1) is 0 Å². The zero-order valence-corrected chi connectivity index (χ0v) is 29.2. The summed E-state index contributed by atoms with van der Waals surface area (Å²) >= 11 is 0. The van der Waals surface area contributed by atoms with Crippen molar-refractivity contribution in [3.05, 3.63) is 106 Å². The fraction of sp³-hybridized carbons (Fsp3) is 0.314. The number of carboxylic acids is 1. The number of aromatic nitrogens is 1. The van der Waals surface area contributed by atoms with Crippen LogP contribution in [0.3, 0.4) is 0 Å². The number of hydrogen-bond acceptors (Lipinski definition) is 10. The molecule has 0 spiro atoms. The molecule has 0 saturated heterocycles. The lowest BCUT2D eigenvalue weighted by molar-refractivity contribution is -0.678. The average Bonchev–Trinajstić information content (AvgIpc) is 3.59. The Labute approximate surface area is 301 Å². The lowest BCUT2D eigenvalue weighted by Crippen LogP contribution is -2.35. The van der Waals surface area contributed by atoms with Crippen molar-refractivity contribution < 1.29 is 49.9 Å². The fourth-order valence-electron chi connectivity index (χ4n) is 5.52. The summed E-state index contributed by atoms with van der Waals surface area (Å²) in [4.78, 5) is 22.6. The molecule has 0 amide bonds. The van der Waals surface area contributed by atoms with E-state index >= 15 is 0 Å². The second-order valence-electron chi connectivity index (χ2n) is 11.9. The summed E-state index contributed by atoms with van der Waals surface area (Å²) in [7, 11) is -8.27. The molecule has 0 unspecified atom stereocenters. The van der Waals surface area contributed by atoms with Crippen LogP contribution in [0, 0.1) is 17.0 Å². The summed E-state index contributed by atoms with van der Waals surface area (Å²) in [6.45, 7) is 2.66.